The number of nitriles is 1. The number of nitro benzene ring substituents is 1. The molecule has 0 aliphatic carbocycles. The van der Waals surface area contributed by atoms with Crippen molar-refractivity contribution in [2.75, 3.05) is 0 Å². The Hall–Kier alpha value is -2.42. The van der Waals surface area contributed by atoms with Gasteiger partial charge in [-0.1, -0.05) is 0 Å². The Morgan fingerprint density at radius 1 is 1.57 bits per heavy atom. The summed E-state index contributed by atoms with van der Waals surface area (Å²) in [6.45, 7) is 0. The van der Waals surface area contributed by atoms with Gasteiger partial charge in [-0.05, 0) is 6.07 Å². The maximum atomic E-state index is 10.4. The SMILES string of the molecule is N#Cn1cnc2cc([N+](=O)[O-])ccc21. The summed E-state index contributed by atoms with van der Waals surface area (Å²) in [5.74, 6) is 0. The molecule has 2 rings (SSSR count). The van der Waals surface area contributed by atoms with Gasteiger partial charge in [0.2, 0.25) is 0 Å². The fourth-order valence-corrected chi connectivity index (χ4v) is 1.19. The highest BCUT2D eigenvalue weighted by atomic mass is 16.6. The van der Waals surface area contributed by atoms with Crippen molar-refractivity contribution in [1.82, 2.24) is 9.55 Å². The molecule has 0 unspecified atom stereocenters. The van der Waals surface area contributed by atoms with E-state index >= 15 is 0 Å². The Balaban J connectivity index is 2.70. The highest BCUT2D eigenvalue weighted by Crippen LogP contribution is 2.18. The smallest absolute Gasteiger partial charge is 0.258 e. The minimum absolute atomic E-state index is 0.0271. The summed E-state index contributed by atoms with van der Waals surface area (Å²) < 4.78 is 1.25. The summed E-state index contributed by atoms with van der Waals surface area (Å²) in [4.78, 5) is 13.8. The van der Waals surface area contributed by atoms with Crippen LogP contribution in [0, 0.1) is 21.6 Å². The van der Waals surface area contributed by atoms with E-state index < -0.39 is 4.92 Å². The van der Waals surface area contributed by atoms with Crippen molar-refractivity contribution in [3.05, 3.63) is 34.6 Å². The lowest BCUT2D eigenvalue weighted by Crippen LogP contribution is -1.88. The molecular formula is C8H4N4O2. The number of imidazole rings is 1. The van der Waals surface area contributed by atoms with Crippen LogP contribution in [0.4, 0.5) is 5.69 Å². The van der Waals surface area contributed by atoms with Crippen LogP contribution in [0.15, 0.2) is 24.5 Å². The second-order valence-electron chi connectivity index (χ2n) is 2.64. The first-order valence-corrected chi connectivity index (χ1v) is 3.74. The van der Waals surface area contributed by atoms with E-state index in [0.717, 1.165) is 0 Å². The molecule has 14 heavy (non-hydrogen) atoms. The van der Waals surface area contributed by atoms with Gasteiger partial charge >= 0.3 is 0 Å². The van der Waals surface area contributed by atoms with Gasteiger partial charge < -0.3 is 0 Å². The normalized spacial score (nSPS) is 9.93. The lowest BCUT2D eigenvalue weighted by Gasteiger charge is -1.91. The molecule has 0 saturated heterocycles. The first-order chi connectivity index (χ1) is 6.72. The average molecular weight is 188 g/mol. The summed E-state index contributed by atoms with van der Waals surface area (Å²) in [5, 5.41) is 19.1. The third-order valence-corrected chi connectivity index (χ3v) is 1.85. The molecule has 0 aliphatic rings. The molecule has 0 saturated carbocycles. The van der Waals surface area contributed by atoms with Crippen molar-refractivity contribution in [3.8, 4) is 6.19 Å². The van der Waals surface area contributed by atoms with Gasteiger partial charge in [-0.3, -0.25) is 10.1 Å². The number of fused-ring (bicyclic) bond motifs is 1. The molecule has 0 N–H and O–H groups in total. The lowest BCUT2D eigenvalue weighted by molar-refractivity contribution is -0.384. The molecule has 6 heteroatoms. The highest BCUT2D eigenvalue weighted by molar-refractivity contribution is 5.78. The van der Waals surface area contributed by atoms with Crippen molar-refractivity contribution in [3.63, 3.8) is 0 Å². The fourth-order valence-electron chi connectivity index (χ4n) is 1.19. The third kappa shape index (κ3) is 1.08. The summed E-state index contributed by atoms with van der Waals surface area (Å²) in [6, 6.07) is 4.19. The molecule has 1 aromatic carbocycles. The van der Waals surface area contributed by atoms with Crippen LogP contribution >= 0.6 is 0 Å². The Morgan fingerprint density at radius 3 is 3.00 bits per heavy atom. The molecule has 0 fully saturated rings. The number of benzene rings is 1. The minimum Gasteiger partial charge on any atom is -0.258 e. The molecule has 1 heterocycles. The number of aromatic nitrogens is 2. The lowest BCUT2D eigenvalue weighted by atomic mass is 10.3. The average Bonchev–Trinajstić information content (AvgIpc) is 2.59. The first kappa shape index (κ1) is 8.19. The number of nitrogens with zero attached hydrogens (tertiary/aromatic N) is 4. The second kappa shape index (κ2) is 2.81. The van der Waals surface area contributed by atoms with E-state index in [4.69, 9.17) is 5.26 Å². The van der Waals surface area contributed by atoms with Crippen LogP contribution in [0.5, 0.6) is 0 Å². The van der Waals surface area contributed by atoms with E-state index in [9.17, 15) is 10.1 Å². The summed E-state index contributed by atoms with van der Waals surface area (Å²) in [5.41, 5.74) is 0.986. The summed E-state index contributed by atoms with van der Waals surface area (Å²) in [7, 11) is 0. The van der Waals surface area contributed by atoms with Crippen molar-refractivity contribution in [2.24, 2.45) is 0 Å². The molecular weight excluding hydrogens is 184 g/mol. The third-order valence-electron chi connectivity index (χ3n) is 1.85. The van der Waals surface area contributed by atoms with E-state index in [2.05, 4.69) is 4.98 Å². The monoisotopic (exact) mass is 188 g/mol. The van der Waals surface area contributed by atoms with E-state index in [0.29, 0.717) is 11.0 Å². The van der Waals surface area contributed by atoms with E-state index in [1.54, 1.807) is 0 Å². The van der Waals surface area contributed by atoms with Gasteiger partial charge in [0.25, 0.3) is 5.69 Å². The molecule has 6 nitrogen and oxygen atoms in total. The van der Waals surface area contributed by atoms with Crippen LogP contribution in [0.25, 0.3) is 11.0 Å². The molecule has 2 aromatic rings. The predicted molar refractivity (Wildman–Crippen MR) is 47.4 cm³/mol. The van der Waals surface area contributed by atoms with Crippen LogP contribution in [0.1, 0.15) is 0 Å². The van der Waals surface area contributed by atoms with E-state index in [1.807, 2.05) is 6.19 Å². The first-order valence-electron chi connectivity index (χ1n) is 3.74. The van der Waals surface area contributed by atoms with Crippen LogP contribution in [0.3, 0.4) is 0 Å². The Labute approximate surface area is 78.2 Å². The number of hydrogen-bond donors (Lipinski definition) is 0. The molecule has 68 valence electrons. The Bertz CT molecular complexity index is 552. The zero-order chi connectivity index (χ0) is 10.1. The molecule has 0 amide bonds. The topological polar surface area (TPSA) is 84.8 Å². The van der Waals surface area contributed by atoms with Gasteiger partial charge in [0.05, 0.1) is 16.0 Å². The number of rotatable bonds is 1. The highest BCUT2D eigenvalue weighted by Gasteiger charge is 2.09. The van der Waals surface area contributed by atoms with Gasteiger partial charge in [0, 0.05) is 12.1 Å². The zero-order valence-corrected chi connectivity index (χ0v) is 6.91. The van der Waals surface area contributed by atoms with Gasteiger partial charge in [-0.2, -0.15) is 5.26 Å². The van der Waals surface area contributed by atoms with Crippen LogP contribution < -0.4 is 0 Å². The molecule has 0 spiro atoms. The van der Waals surface area contributed by atoms with Gasteiger partial charge in [0.15, 0.2) is 6.19 Å². The van der Waals surface area contributed by atoms with Crippen molar-refractivity contribution in [2.45, 2.75) is 0 Å². The number of hydrogen-bond acceptors (Lipinski definition) is 4. The van der Waals surface area contributed by atoms with Gasteiger partial charge in [0.1, 0.15) is 6.33 Å². The fraction of sp³-hybridized carbons (Fsp3) is 0. The van der Waals surface area contributed by atoms with E-state index in [-0.39, 0.29) is 5.69 Å². The standard InChI is InChI=1S/C8H4N4O2/c9-4-11-5-10-7-3-6(12(13)14)1-2-8(7)11/h1-3,5H. The van der Waals surface area contributed by atoms with Crippen LogP contribution in [-0.2, 0) is 0 Å². The largest absolute Gasteiger partial charge is 0.271 e. The molecule has 1 aromatic heterocycles. The quantitative estimate of drug-likeness (QED) is 0.498. The number of nitro groups is 1. The molecule has 0 aliphatic heterocycles. The van der Waals surface area contributed by atoms with Crippen molar-refractivity contribution in [1.29, 1.82) is 5.26 Å². The van der Waals surface area contributed by atoms with E-state index in [1.165, 1.54) is 29.1 Å². The number of non-ortho nitro benzene ring substituents is 1. The van der Waals surface area contributed by atoms with Gasteiger partial charge in [-0.25, -0.2) is 9.55 Å². The predicted octanol–water partition coefficient (Wildman–Crippen LogP) is 1.27. The Morgan fingerprint density at radius 2 is 2.36 bits per heavy atom. The summed E-state index contributed by atoms with van der Waals surface area (Å²) >= 11 is 0. The van der Waals surface area contributed by atoms with Crippen LogP contribution in [-0.4, -0.2) is 14.5 Å². The maximum Gasteiger partial charge on any atom is 0.271 e. The molecule has 0 bridgehead atoms. The van der Waals surface area contributed by atoms with Crippen LogP contribution in [0.2, 0.25) is 0 Å². The minimum atomic E-state index is -0.495. The Kier molecular flexibility index (Phi) is 1.65. The maximum absolute atomic E-state index is 10.4. The van der Waals surface area contributed by atoms with Gasteiger partial charge in [-0.15, -0.1) is 0 Å². The molecule has 0 atom stereocenters. The molecule has 0 radical (unpaired) electrons. The zero-order valence-electron chi connectivity index (χ0n) is 6.91. The van der Waals surface area contributed by atoms with Crippen molar-refractivity contribution < 1.29 is 4.92 Å². The second-order valence-corrected chi connectivity index (χ2v) is 2.64. The van der Waals surface area contributed by atoms with Crippen molar-refractivity contribution >= 4 is 16.7 Å². The summed E-state index contributed by atoms with van der Waals surface area (Å²) in [6.07, 6.45) is 3.21.